The Hall–Kier alpha value is -2.19. The lowest BCUT2D eigenvalue weighted by atomic mass is 10.1. The second-order valence-electron chi connectivity index (χ2n) is 6.44. The highest BCUT2D eigenvalue weighted by molar-refractivity contribution is 7.99. The highest BCUT2D eigenvalue weighted by atomic mass is 32.2. The Balaban J connectivity index is 1.53. The smallest absolute Gasteiger partial charge is 0.288 e. The van der Waals surface area contributed by atoms with Crippen LogP contribution in [0.25, 0.3) is 0 Å². The molecule has 1 heterocycles. The minimum absolute atomic E-state index is 0.108. The topological polar surface area (TPSA) is 32.8 Å². The summed E-state index contributed by atoms with van der Waals surface area (Å²) in [7, 11) is 1.43. The number of hydrogen-bond donors (Lipinski definition) is 0. The van der Waals surface area contributed by atoms with E-state index in [0.29, 0.717) is 54.9 Å². The summed E-state index contributed by atoms with van der Waals surface area (Å²) in [5.41, 5.74) is 1.34. The Morgan fingerprint density at radius 3 is 2.36 bits per heavy atom. The predicted molar refractivity (Wildman–Crippen MR) is 102 cm³/mol. The van der Waals surface area contributed by atoms with Gasteiger partial charge in [0.15, 0.2) is 11.6 Å². The first-order valence-corrected chi connectivity index (χ1v) is 9.73. The molecule has 0 spiro atoms. The van der Waals surface area contributed by atoms with Gasteiger partial charge in [-0.3, -0.25) is 9.69 Å². The van der Waals surface area contributed by atoms with Crippen molar-refractivity contribution in [1.82, 2.24) is 9.80 Å². The van der Waals surface area contributed by atoms with E-state index in [-0.39, 0.29) is 17.5 Å². The normalized spacial score (nSPS) is 15.1. The molecule has 0 N–H and O–H groups in total. The monoisotopic (exact) mass is 410 g/mol. The van der Waals surface area contributed by atoms with Crippen LogP contribution in [0.3, 0.4) is 0 Å². The van der Waals surface area contributed by atoms with Crippen LogP contribution >= 0.6 is 11.8 Å². The van der Waals surface area contributed by atoms with Gasteiger partial charge in [-0.25, -0.2) is 4.39 Å². The summed E-state index contributed by atoms with van der Waals surface area (Å²) in [6.45, 7) is 3.08. The van der Waals surface area contributed by atoms with Gasteiger partial charge < -0.3 is 9.64 Å². The number of amides is 1. The van der Waals surface area contributed by atoms with Gasteiger partial charge in [0.2, 0.25) is 0 Å². The van der Waals surface area contributed by atoms with Crippen LogP contribution in [0.5, 0.6) is 5.75 Å². The average Bonchev–Trinajstić information content (AvgIpc) is 2.68. The number of carbonyl (C=O) groups is 1. The molecule has 1 amide bonds. The maximum Gasteiger partial charge on any atom is 0.288 e. The lowest BCUT2D eigenvalue weighted by molar-refractivity contribution is 0.0628. The molecule has 2 aromatic carbocycles. The largest absolute Gasteiger partial charge is 0.494 e. The molecule has 0 saturated carbocycles. The Labute approximate surface area is 166 Å². The van der Waals surface area contributed by atoms with Crippen molar-refractivity contribution in [1.29, 1.82) is 0 Å². The number of nitrogens with zero attached hydrogens (tertiary/aromatic N) is 2. The predicted octanol–water partition coefficient (Wildman–Crippen LogP) is 4.11. The van der Waals surface area contributed by atoms with Crippen molar-refractivity contribution in [3.05, 3.63) is 59.4 Å². The van der Waals surface area contributed by atoms with Gasteiger partial charge in [0.25, 0.3) is 11.7 Å². The van der Waals surface area contributed by atoms with Crippen molar-refractivity contribution in [3.63, 3.8) is 0 Å². The molecule has 2 aromatic rings. The molecule has 3 rings (SSSR count). The van der Waals surface area contributed by atoms with Gasteiger partial charge in [-0.05, 0) is 42.0 Å². The van der Waals surface area contributed by atoms with E-state index in [2.05, 4.69) is 4.90 Å². The van der Waals surface area contributed by atoms with E-state index < -0.39 is 5.76 Å². The second kappa shape index (κ2) is 9.34. The van der Waals surface area contributed by atoms with Crippen LogP contribution in [-0.2, 0) is 6.54 Å². The number of ether oxygens (including phenoxy) is 1. The molecule has 0 radical (unpaired) electrons. The zero-order valence-electron chi connectivity index (χ0n) is 15.4. The molecule has 28 heavy (non-hydrogen) atoms. The highest BCUT2D eigenvalue weighted by Crippen LogP contribution is 2.25. The molecule has 1 aliphatic rings. The highest BCUT2D eigenvalue weighted by Gasteiger charge is 2.22. The van der Waals surface area contributed by atoms with Crippen LogP contribution in [0, 0.1) is 5.82 Å². The molecule has 8 heteroatoms. The van der Waals surface area contributed by atoms with E-state index >= 15 is 0 Å². The fraction of sp³-hybridized carbons (Fsp3) is 0.350. The van der Waals surface area contributed by atoms with E-state index in [9.17, 15) is 18.0 Å². The molecule has 0 unspecified atom stereocenters. The van der Waals surface area contributed by atoms with Crippen LogP contribution in [-0.4, -0.2) is 54.8 Å². The quantitative estimate of drug-likeness (QED) is 0.671. The Bertz CT molecular complexity index is 810. The van der Waals surface area contributed by atoms with Crippen LogP contribution in [0.15, 0.2) is 47.4 Å². The minimum Gasteiger partial charge on any atom is -0.494 e. The number of hydrogen-bond acceptors (Lipinski definition) is 4. The molecule has 0 aromatic heterocycles. The first-order valence-electron chi connectivity index (χ1n) is 8.85. The SMILES string of the molecule is COc1ccc(CN2CCN(C(=O)c3ccc(SC(F)F)cc3)CC2)cc1F. The number of methoxy groups -OCH3 is 1. The number of benzene rings is 2. The lowest BCUT2D eigenvalue weighted by Crippen LogP contribution is -2.48. The number of alkyl halides is 2. The summed E-state index contributed by atoms with van der Waals surface area (Å²) in [4.78, 5) is 16.9. The molecule has 1 aliphatic heterocycles. The Morgan fingerprint density at radius 2 is 1.79 bits per heavy atom. The van der Waals surface area contributed by atoms with Gasteiger partial charge in [0, 0.05) is 43.2 Å². The van der Waals surface area contributed by atoms with E-state index in [1.807, 2.05) is 6.07 Å². The van der Waals surface area contributed by atoms with Crippen molar-refractivity contribution in [2.75, 3.05) is 33.3 Å². The summed E-state index contributed by atoms with van der Waals surface area (Å²) in [6.07, 6.45) is 0. The molecular weight excluding hydrogens is 389 g/mol. The van der Waals surface area contributed by atoms with Crippen LogP contribution < -0.4 is 4.74 Å². The fourth-order valence-corrected chi connectivity index (χ4v) is 3.64. The summed E-state index contributed by atoms with van der Waals surface area (Å²) in [6, 6.07) is 11.2. The summed E-state index contributed by atoms with van der Waals surface area (Å²) < 4.78 is 43.5. The van der Waals surface area contributed by atoms with Gasteiger partial charge in [-0.2, -0.15) is 8.78 Å². The summed E-state index contributed by atoms with van der Waals surface area (Å²) in [5, 5.41) is 0. The van der Waals surface area contributed by atoms with Gasteiger partial charge in [0.1, 0.15) is 0 Å². The third-order valence-electron chi connectivity index (χ3n) is 4.61. The molecule has 0 atom stereocenters. The molecule has 1 fully saturated rings. The van der Waals surface area contributed by atoms with E-state index in [1.54, 1.807) is 35.2 Å². The van der Waals surface area contributed by atoms with Crippen LogP contribution in [0.4, 0.5) is 13.2 Å². The van der Waals surface area contributed by atoms with Crippen LogP contribution in [0.1, 0.15) is 15.9 Å². The molecular formula is C20H21F3N2O2S. The molecule has 0 bridgehead atoms. The van der Waals surface area contributed by atoms with Gasteiger partial charge in [-0.15, -0.1) is 0 Å². The summed E-state index contributed by atoms with van der Waals surface area (Å²) >= 11 is 0.459. The number of piperazine rings is 1. The van der Waals surface area contributed by atoms with Crippen molar-refractivity contribution >= 4 is 17.7 Å². The van der Waals surface area contributed by atoms with Crippen molar-refractivity contribution in [2.45, 2.75) is 17.2 Å². The van der Waals surface area contributed by atoms with Crippen molar-refractivity contribution in [3.8, 4) is 5.75 Å². The molecule has 0 aliphatic carbocycles. The Kier molecular flexibility index (Phi) is 6.85. The van der Waals surface area contributed by atoms with Crippen molar-refractivity contribution in [2.24, 2.45) is 0 Å². The first-order chi connectivity index (χ1) is 13.5. The molecule has 150 valence electrons. The van der Waals surface area contributed by atoms with Crippen molar-refractivity contribution < 1.29 is 22.7 Å². The number of thioether (sulfide) groups is 1. The van der Waals surface area contributed by atoms with E-state index in [4.69, 9.17) is 4.74 Å². The van der Waals surface area contributed by atoms with Gasteiger partial charge in [0.05, 0.1) is 7.11 Å². The third kappa shape index (κ3) is 5.20. The zero-order chi connectivity index (χ0) is 20.1. The number of halogens is 3. The molecule has 1 saturated heterocycles. The van der Waals surface area contributed by atoms with Gasteiger partial charge in [-0.1, -0.05) is 17.8 Å². The number of carbonyl (C=O) groups excluding carboxylic acids is 1. The third-order valence-corrected chi connectivity index (χ3v) is 5.33. The standard InChI is InChI=1S/C20H21F3N2O2S/c1-27-18-7-2-14(12-17(18)21)13-24-8-10-25(11-9-24)19(26)15-3-5-16(6-4-15)28-20(22)23/h2-7,12,20H,8-11,13H2,1H3. The summed E-state index contributed by atoms with van der Waals surface area (Å²) in [5.74, 6) is -2.75. The molecule has 4 nitrogen and oxygen atoms in total. The average molecular weight is 410 g/mol. The first kappa shape index (κ1) is 20.5. The lowest BCUT2D eigenvalue weighted by Gasteiger charge is -2.34. The van der Waals surface area contributed by atoms with Crippen LogP contribution in [0.2, 0.25) is 0 Å². The second-order valence-corrected chi connectivity index (χ2v) is 7.50. The fourth-order valence-electron chi connectivity index (χ4n) is 3.14. The minimum atomic E-state index is -2.48. The maximum absolute atomic E-state index is 13.8. The van der Waals surface area contributed by atoms with Gasteiger partial charge >= 0.3 is 0 Å². The van der Waals surface area contributed by atoms with E-state index in [0.717, 1.165) is 5.56 Å². The van der Waals surface area contributed by atoms with E-state index in [1.165, 1.54) is 13.2 Å². The number of rotatable bonds is 6. The Morgan fingerprint density at radius 1 is 1.11 bits per heavy atom. The maximum atomic E-state index is 13.8. The zero-order valence-corrected chi connectivity index (χ0v) is 16.2.